The highest BCUT2D eigenvalue weighted by Gasteiger charge is 2.30. The minimum atomic E-state index is -4.14. The predicted octanol–water partition coefficient (Wildman–Crippen LogP) is 4.48. The van der Waals surface area contributed by atoms with Gasteiger partial charge in [-0.05, 0) is 80.2 Å². The normalized spacial score (nSPS) is 18.1. The molecule has 3 fully saturated rings. The lowest BCUT2D eigenvalue weighted by atomic mass is 9.89. The van der Waals surface area contributed by atoms with Gasteiger partial charge in [-0.15, -0.1) is 0 Å². The Bertz CT molecular complexity index is 2660. The van der Waals surface area contributed by atoms with E-state index < -0.39 is 44.9 Å². The number of H-pyrrole nitrogens is 1. The molecule has 3 saturated heterocycles. The molecule has 8 rings (SSSR count). The third-order valence-electron chi connectivity index (χ3n) is 12.4. The smallest absolute Gasteiger partial charge is 0.301 e. The fraction of sp³-hybridized carbons (Fsp3) is 0.378. The number of hydrogen-bond donors (Lipinski definition) is 4. The highest BCUT2D eigenvalue weighted by Crippen LogP contribution is 2.31. The van der Waals surface area contributed by atoms with Gasteiger partial charge in [0.25, 0.3) is 0 Å². The van der Waals surface area contributed by atoms with Crippen molar-refractivity contribution in [3.63, 3.8) is 0 Å². The molecule has 0 aliphatic carbocycles. The molecule has 0 saturated carbocycles. The van der Waals surface area contributed by atoms with Gasteiger partial charge in [-0.3, -0.25) is 44.0 Å². The van der Waals surface area contributed by atoms with Crippen LogP contribution in [0.5, 0.6) is 0 Å². The Morgan fingerprint density at radius 2 is 1.62 bits per heavy atom. The molecular formula is C45H50F2N10O6S. The quantitative estimate of drug-likeness (QED) is 0.0908. The molecule has 2 aromatic carbocycles. The zero-order valence-corrected chi connectivity index (χ0v) is 36.4. The van der Waals surface area contributed by atoms with Gasteiger partial charge in [-0.1, -0.05) is 25.1 Å². The first-order chi connectivity index (χ1) is 30.8. The van der Waals surface area contributed by atoms with Gasteiger partial charge in [0.05, 0.1) is 23.5 Å². The van der Waals surface area contributed by atoms with E-state index in [2.05, 4.69) is 52.2 Å². The van der Waals surface area contributed by atoms with Gasteiger partial charge in [0, 0.05) is 99.1 Å². The number of likely N-dealkylation sites (tertiary alicyclic amines) is 1. The molecule has 3 aliphatic rings. The SMILES string of the molecule is CCN(C)S(=O)(=O)Nc1ccc(F)c(C(=O)c2c[nH]c3ncc(-c4ccc(CN5CCN(C(=O)CN6CCC(c7ccc(NC8CCC(=O)NC8=O)cc7)CC6)CC5)nc4)cc23)c1F. The van der Waals surface area contributed by atoms with Crippen LogP contribution in [-0.2, 0) is 31.1 Å². The number of fused-ring (bicyclic) bond motifs is 1. The number of amides is 3. The zero-order chi connectivity index (χ0) is 45.1. The van der Waals surface area contributed by atoms with E-state index in [1.165, 1.54) is 18.8 Å². The number of carbonyl (C=O) groups is 4. The van der Waals surface area contributed by atoms with Gasteiger partial charge >= 0.3 is 10.2 Å². The first-order valence-corrected chi connectivity index (χ1v) is 22.8. The summed E-state index contributed by atoms with van der Waals surface area (Å²) in [6.45, 7) is 7.03. The average molecular weight is 897 g/mol. The number of aromatic amines is 1. The second-order valence-electron chi connectivity index (χ2n) is 16.5. The van der Waals surface area contributed by atoms with Crippen molar-refractivity contribution >= 4 is 56.1 Å². The predicted molar refractivity (Wildman–Crippen MR) is 236 cm³/mol. The minimum Gasteiger partial charge on any atom is -0.374 e. The highest BCUT2D eigenvalue weighted by molar-refractivity contribution is 7.90. The Morgan fingerprint density at radius 3 is 2.31 bits per heavy atom. The van der Waals surface area contributed by atoms with Crippen LogP contribution in [0.1, 0.15) is 65.7 Å². The number of imide groups is 1. The molecule has 64 heavy (non-hydrogen) atoms. The summed E-state index contributed by atoms with van der Waals surface area (Å²) >= 11 is 0. The molecule has 0 bridgehead atoms. The molecule has 19 heteroatoms. The number of nitrogens with one attached hydrogen (secondary N) is 4. The van der Waals surface area contributed by atoms with Gasteiger partial charge in [0.2, 0.25) is 23.5 Å². The molecular weight excluding hydrogens is 847 g/mol. The summed E-state index contributed by atoms with van der Waals surface area (Å²) in [4.78, 5) is 68.9. The number of carbonyl (C=O) groups excluding carboxylic acids is 4. The number of piperazine rings is 1. The third kappa shape index (κ3) is 9.81. The first kappa shape index (κ1) is 44.5. The molecule has 3 aromatic heterocycles. The van der Waals surface area contributed by atoms with Crippen LogP contribution in [0.15, 0.2) is 73.2 Å². The fourth-order valence-electron chi connectivity index (χ4n) is 8.38. The molecule has 6 heterocycles. The van der Waals surface area contributed by atoms with Gasteiger partial charge in [0.15, 0.2) is 5.82 Å². The lowest BCUT2D eigenvalue weighted by molar-refractivity contribution is -0.135. The number of nitrogens with zero attached hydrogens (tertiary/aromatic N) is 6. The average Bonchev–Trinajstić information content (AvgIpc) is 3.72. The molecule has 0 spiro atoms. The van der Waals surface area contributed by atoms with Crippen molar-refractivity contribution in [2.75, 3.05) is 69.4 Å². The molecule has 0 radical (unpaired) electrons. The number of benzene rings is 2. The van der Waals surface area contributed by atoms with Gasteiger partial charge < -0.3 is 15.2 Å². The monoisotopic (exact) mass is 896 g/mol. The molecule has 4 N–H and O–H groups in total. The Balaban J connectivity index is 0.812. The van der Waals surface area contributed by atoms with E-state index in [1.807, 2.05) is 29.2 Å². The van der Waals surface area contributed by atoms with Crippen LogP contribution in [0.4, 0.5) is 20.2 Å². The summed E-state index contributed by atoms with van der Waals surface area (Å²) in [5.74, 6) is -3.45. The first-order valence-electron chi connectivity index (χ1n) is 21.4. The number of piperidine rings is 2. The van der Waals surface area contributed by atoms with Crippen LogP contribution in [0.2, 0.25) is 0 Å². The molecule has 5 aromatic rings. The summed E-state index contributed by atoms with van der Waals surface area (Å²) in [6.07, 6.45) is 7.34. The van der Waals surface area contributed by atoms with Crippen LogP contribution in [-0.4, -0.2) is 131 Å². The Hall–Kier alpha value is -6.15. The van der Waals surface area contributed by atoms with Crippen molar-refractivity contribution in [3.8, 4) is 11.1 Å². The van der Waals surface area contributed by atoms with Crippen molar-refractivity contribution in [2.24, 2.45) is 0 Å². The van der Waals surface area contributed by atoms with E-state index in [-0.39, 0.29) is 29.8 Å². The van der Waals surface area contributed by atoms with Crippen LogP contribution in [0.25, 0.3) is 22.2 Å². The molecule has 16 nitrogen and oxygen atoms in total. The summed E-state index contributed by atoms with van der Waals surface area (Å²) in [6, 6.07) is 15.0. The van der Waals surface area contributed by atoms with Crippen LogP contribution >= 0.6 is 0 Å². The van der Waals surface area contributed by atoms with E-state index in [1.54, 1.807) is 25.4 Å². The summed E-state index contributed by atoms with van der Waals surface area (Å²) < 4.78 is 58.7. The molecule has 1 unspecified atom stereocenters. The number of ketones is 1. The van der Waals surface area contributed by atoms with E-state index >= 15 is 8.78 Å². The number of anilines is 2. The maximum absolute atomic E-state index is 15.6. The maximum Gasteiger partial charge on any atom is 0.301 e. The van der Waals surface area contributed by atoms with Crippen LogP contribution in [0.3, 0.4) is 0 Å². The van der Waals surface area contributed by atoms with Crippen LogP contribution in [0, 0.1) is 11.6 Å². The van der Waals surface area contributed by atoms with Gasteiger partial charge in [-0.2, -0.15) is 12.7 Å². The number of rotatable bonds is 14. The van der Waals surface area contributed by atoms with E-state index in [0.29, 0.717) is 80.2 Å². The minimum absolute atomic E-state index is 0.0399. The van der Waals surface area contributed by atoms with Crippen molar-refractivity contribution in [1.29, 1.82) is 0 Å². The Kier molecular flexibility index (Phi) is 13.1. The molecule has 1 atom stereocenters. The number of aromatic nitrogens is 3. The highest BCUT2D eigenvalue weighted by atomic mass is 32.2. The molecule has 3 amide bonds. The lowest BCUT2D eigenvalue weighted by Gasteiger charge is -2.37. The topological polar surface area (TPSA) is 193 Å². The third-order valence-corrected chi connectivity index (χ3v) is 13.9. The van der Waals surface area contributed by atoms with E-state index in [0.717, 1.165) is 53.8 Å². The van der Waals surface area contributed by atoms with Crippen molar-refractivity contribution < 1.29 is 36.4 Å². The summed E-state index contributed by atoms with van der Waals surface area (Å²) in [5, 5.41) is 5.93. The second kappa shape index (κ2) is 18.9. The standard InChI is InChI=1S/C45H50F2N10O6S/c1-3-54(2)64(62,63)53-37-11-10-36(46)41(42(37)47)43(60)35-25-50-44-34(35)22-31(24-49-44)30-6-9-33(48-23-30)26-56-18-20-57(21-19-56)40(59)27-55-16-14-29(15-17-55)28-4-7-32(8-5-28)51-38-12-13-39(58)52-45(38)61/h4-11,22-25,29,38,51,53H,3,12-21,26-27H2,1-2H3,(H,49,50)(H,52,58,61). The molecule has 3 aliphatic heterocycles. The van der Waals surface area contributed by atoms with Crippen molar-refractivity contribution in [3.05, 3.63) is 107 Å². The van der Waals surface area contributed by atoms with E-state index in [4.69, 9.17) is 0 Å². The lowest BCUT2D eigenvalue weighted by Crippen LogP contribution is -2.51. The Morgan fingerprint density at radius 1 is 0.891 bits per heavy atom. The summed E-state index contributed by atoms with van der Waals surface area (Å²) in [7, 11) is -2.84. The second-order valence-corrected chi connectivity index (χ2v) is 18.3. The zero-order valence-electron chi connectivity index (χ0n) is 35.6. The van der Waals surface area contributed by atoms with Gasteiger partial charge in [-0.25, -0.2) is 13.8 Å². The number of hydrogen-bond acceptors (Lipinski definition) is 11. The molecule has 336 valence electrons. The van der Waals surface area contributed by atoms with Crippen LogP contribution < -0.4 is 15.4 Å². The fourth-order valence-corrected chi connectivity index (χ4v) is 9.31. The summed E-state index contributed by atoms with van der Waals surface area (Å²) in [5.41, 5.74) is 3.08. The van der Waals surface area contributed by atoms with Crippen molar-refractivity contribution in [2.45, 2.75) is 51.1 Å². The maximum atomic E-state index is 15.6. The van der Waals surface area contributed by atoms with Crippen molar-refractivity contribution in [1.82, 2.24) is 39.3 Å². The Labute approximate surface area is 369 Å². The van der Waals surface area contributed by atoms with E-state index in [9.17, 15) is 27.6 Å². The largest absolute Gasteiger partial charge is 0.374 e. The van der Waals surface area contributed by atoms with Gasteiger partial charge in [0.1, 0.15) is 17.5 Å². The number of pyridine rings is 2. The number of halogens is 2.